The van der Waals surface area contributed by atoms with E-state index in [9.17, 15) is 18.0 Å². The van der Waals surface area contributed by atoms with Gasteiger partial charge in [0.05, 0.1) is 17.8 Å². The number of carboxylic acid groups (broad SMARTS) is 1. The molecule has 3 aromatic rings. The summed E-state index contributed by atoms with van der Waals surface area (Å²) in [7, 11) is 0. The van der Waals surface area contributed by atoms with Crippen molar-refractivity contribution in [2.24, 2.45) is 0 Å². The maximum absolute atomic E-state index is 14.1. The molecular weight excluding hydrogens is 369 g/mol. The van der Waals surface area contributed by atoms with Gasteiger partial charge in [-0.25, -0.2) is 18.0 Å². The van der Waals surface area contributed by atoms with E-state index in [0.29, 0.717) is 10.9 Å². The van der Waals surface area contributed by atoms with Crippen molar-refractivity contribution >= 4 is 34.5 Å². The first-order valence-electron chi connectivity index (χ1n) is 7.48. The van der Waals surface area contributed by atoms with Crippen molar-refractivity contribution in [3.8, 4) is 0 Å². The van der Waals surface area contributed by atoms with Crippen molar-refractivity contribution in [2.75, 3.05) is 0 Å². The summed E-state index contributed by atoms with van der Waals surface area (Å²) in [6.07, 6.45) is -0.509. The number of rotatable bonds is 5. The van der Waals surface area contributed by atoms with E-state index in [-0.39, 0.29) is 28.4 Å². The lowest BCUT2D eigenvalue weighted by Gasteiger charge is -2.07. The van der Waals surface area contributed by atoms with E-state index in [2.05, 4.69) is 5.10 Å². The van der Waals surface area contributed by atoms with Crippen LogP contribution in [0.5, 0.6) is 0 Å². The molecule has 0 spiro atoms. The zero-order valence-electron chi connectivity index (χ0n) is 13.2. The summed E-state index contributed by atoms with van der Waals surface area (Å²) in [6.45, 7) is -0.0207. The Hall–Kier alpha value is -2.80. The van der Waals surface area contributed by atoms with Crippen molar-refractivity contribution in [1.82, 2.24) is 9.78 Å². The van der Waals surface area contributed by atoms with Crippen LogP contribution in [0.15, 0.2) is 42.5 Å². The molecule has 0 fully saturated rings. The third-order valence-electron chi connectivity index (χ3n) is 3.78. The molecule has 3 rings (SSSR count). The van der Waals surface area contributed by atoms with Crippen LogP contribution in [-0.4, -0.2) is 20.9 Å². The average molecular weight is 381 g/mol. The highest BCUT2D eigenvalue weighted by Gasteiger charge is 2.15. The third kappa shape index (κ3) is 3.72. The van der Waals surface area contributed by atoms with E-state index in [1.165, 1.54) is 41.1 Å². The number of carbonyl (C=O) groups is 1. The molecule has 0 bridgehead atoms. The maximum atomic E-state index is 14.1. The molecule has 2 aromatic carbocycles. The summed E-state index contributed by atoms with van der Waals surface area (Å²) in [4.78, 5) is 10.7. The predicted molar refractivity (Wildman–Crippen MR) is 91.9 cm³/mol. The number of carboxylic acids is 1. The second-order valence-corrected chi connectivity index (χ2v) is 5.96. The first-order valence-corrected chi connectivity index (χ1v) is 7.86. The average Bonchev–Trinajstić information content (AvgIpc) is 2.92. The Morgan fingerprint density at radius 1 is 1.27 bits per heavy atom. The zero-order valence-corrected chi connectivity index (χ0v) is 13.9. The highest BCUT2D eigenvalue weighted by molar-refractivity contribution is 6.30. The summed E-state index contributed by atoms with van der Waals surface area (Å²) in [6, 6.07) is 8.10. The van der Waals surface area contributed by atoms with Gasteiger partial charge in [0.2, 0.25) is 0 Å². The van der Waals surface area contributed by atoms with E-state index in [1.54, 1.807) is 0 Å². The number of alkyl halides is 2. The molecule has 1 N–H and O–H groups in total. The molecule has 8 heteroatoms. The van der Waals surface area contributed by atoms with Gasteiger partial charge in [-0.2, -0.15) is 5.10 Å². The molecule has 0 radical (unpaired) electrons. The molecule has 0 saturated heterocycles. The van der Waals surface area contributed by atoms with Crippen LogP contribution in [-0.2, 0) is 11.3 Å². The van der Waals surface area contributed by atoms with Crippen molar-refractivity contribution < 1.29 is 23.1 Å². The van der Waals surface area contributed by atoms with Crippen LogP contribution in [0.1, 0.15) is 23.2 Å². The fourth-order valence-electron chi connectivity index (χ4n) is 2.56. The van der Waals surface area contributed by atoms with Gasteiger partial charge in [0.1, 0.15) is 5.82 Å². The highest BCUT2D eigenvalue weighted by Crippen LogP contribution is 2.27. The van der Waals surface area contributed by atoms with Crippen LogP contribution in [0.2, 0.25) is 5.02 Å². The molecule has 0 unspecified atom stereocenters. The van der Waals surface area contributed by atoms with Crippen molar-refractivity contribution in [2.45, 2.75) is 13.0 Å². The first-order chi connectivity index (χ1) is 12.3. The fraction of sp³-hybridized carbons (Fsp3) is 0.111. The van der Waals surface area contributed by atoms with E-state index in [0.717, 1.165) is 12.1 Å². The van der Waals surface area contributed by atoms with Crippen molar-refractivity contribution in [1.29, 1.82) is 0 Å². The number of nitrogens with zero attached hydrogens (tertiary/aromatic N) is 2. The van der Waals surface area contributed by atoms with Gasteiger partial charge in [-0.3, -0.25) is 4.68 Å². The van der Waals surface area contributed by atoms with Crippen LogP contribution in [0, 0.1) is 5.82 Å². The number of benzene rings is 2. The lowest BCUT2D eigenvalue weighted by molar-refractivity contribution is -0.131. The topological polar surface area (TPSA) is 55.1 Å². The van der Waals surface area contributed by atoms with E-state index < -0.39 is 18.2 Å². The molecular formula is C18H12ClF3N2O2. The summed E-state index contributed by atoms with van der Waals surface area (Å²) in [5.41, 5.74) is 0.707. The van der Waals surface area contributed by atoms with Crippen molar-refractivity contribution in [3.63, 3.8) is 0 Å². The lowest BCUT2D eigenvalue weighted by Crippen LogP contribution is -2.04. The van der Waals surface area contributed by atoms with Crippen molar-refractivity contribution in [3.05, 3.63) is 70.1 Å². The van der Waals surface area contributed by atoms with Gasteiger partial charge in [-0.15, -0.1) is 0 Å². The molecule has 0 amide bonds. The predicted octanol–water partition coefficient (Wildman–Crippen LogP) is 4.91. The van der Waals surface area contributed by atoms with Crippen LogP contribution in [0.4, 0.5) is 13.2 Å². The highest BCUT2D eigenvalue weighted by atomic mass is 35.5. The minimum absolute atomic E-state index is 0.0207. The van der Waals surface area contributed by atoms with Crippen LogP contribution >= 0.6 is 11.6 Å². The first kappa shape index (κ1) is 18.0. The van der Waals surface area contributed by atoms with Gasteiger partial charge < -0.3 is 5.11 Å². The Morgan fingerprint density at radius 2 is 2.04 bits per heavy atom. The standard InChI is InChI=1S/C18H12ClF3N2O2/c19-12-3-1-11(14(20)8-12)9-24-16-7-10(18(21)22)2-4-13(16)15(23-24)5-6-17(25)26/h1-8,18H,9H2,(H,25,26). The Bertz CT molecular complexity index is 1020. The second kappa shape index (κ2) is 7.21. The number of halogens is 4. The molecule has 0 saturated carbocycles. The summed E-state index contributed by atoms with van der Waals surface area (Å²) in [5, 5.41) is 13.8. The quantitative estimate of drug-likeness (QED) is 0.640. The molecule has 4 nitrogen and oxygen atoms in total. The summed E-state index contributed by atoms with van der Waals surface area (Å²) < 4.78 is 41.5. The van der Waals surface area contributed by atoms with Gasteiger partial charge in [-0.1, -0.05) is 29.8 Å². The van der Waals surface area contributed by atoms with E-state index in [1.807, 2.05) is 0 Å². The molecule has 0 atom stereocenters. The molecule has 26 heavy (non-hydrogen) atoms. The lowest BCUT2D eigenvalue weighted by atomic mass is 10.1. The number of fused-ring (bicyclic) bond motifs is 1. The minimum atomic E-state index is -2.67. The monoisotopic (exact) mass is 380 g/mol. The smallest absolute Gasteiger partial charge is 0.328 e. The van der Waals surface area contributed by atoms with Gasteiger partial charge in [-0.05, 0) is 24.3 Å². The van der Waals surface area contributed by atoms with Gasteiger partial charge in [0, 0.05) is 27.6 Å². The molecule has 0 aliphatic heterocycles. The summed E-state index contributed by atoms with van der Waals surface area (Å²) in [5.74, 6) is -1.71. The normalized spacial score (nSPS) is 11.7. The van der Waals surface area contributed by atoms with Crippen LogP contribution in [0.25, 0.3) is 17.0 Å². The zero-order chi connectivity index (χ0) is 18.8. The Kier molecular flexibility index (Phi) is 4.99. The number of aromatic nitrogens is 2. The molecule has 1 aromatic heterocycles. The Balaban J connectivity index is 2.12. The van der Waals surface area contributed by atoms with Crippen LogP contribution < -0.4 is 0 Å². The minimum Gasteiger partial charge on any atom is -0.478 e. The number of hydrogen-bond acceptors (Lipinski definition) is 2. The summed E-state index contributed by atoms with van der Waals surface area (Å²) >= 11 is 5.74. The van der Waals surface area contributed by atoms with Crippen LogP contribution in [0.3, 0.4) is 0 Å². The van der Waals surface area contributed by atoms with Gasteiger partial charge in [0.25, 0.3) is 6.43 Å². The number of hydrogen-bond donors (Lipinski definition) is 1. The van der Waals surface area contributed by atoms with Gasteiger partial charge >= 0.3 is 5.97 Å². The second-order valence-electron chi connectivity index (χ2n) is 5.53. The number of aliphatic carboxylic acids is 1. The Labute approximate surface area is 151 Å². The fourth-order valence-corrected chi connectivity index (χ4v) is 2.72. The van der Waals surface area contributed by atoms with Gasteiger partial charge in [0.15, 0.2) is 0 Å². The third-order valence-corrected chi connectivity index (χ3v) is 4.01. The van der Waals surface area contributed by atoms with E-state index >= 15 is 0 Å². The Morgan fingerprint density at radius 3 is 2.69 bits per heavy atom. The largest absolute Gasteiger partial charge is 0.478 e. The molecule has 0 aliphatic rings. The maximum Gasteiger partial charge on any atom is 0.328 e. The SMILES string of the molecule is O=C(O)C=Cc1nn(Cc2ccc(Cl)cc2F)c2cc(C(F)F)ccc12. The van der Waals surface area contributed by atoms with E-state index in [4.69, 9.17) is 16.7 Å². The molecule has 0 aliphatic carbocycles. The molecule has 134 valence electrons. The molecule has 1 heterocycles.